The van der Waals surface area contributed by atoms with E-state index in [9.17, 15) is 4.79 Å². The van der Waals surface area contributed by atoms with E-state index in [4.69, 9.17) is 10.5 Å². The largest absolute Gasteiger partial charge is 0.493 e. The zero-order valence-corrected chi connectivity index (χ0v) is 10.9. The van der Waals surface area contributed by atoms with Crippen molar-refractivity contribution in [3.05, 3.63) is 29.8 Å². The molecule has 0 aromatic heterocycles. The van der Waals surface area contributed by atoms with Crippen LogP contribution in [0.5, 0.6) is 5.75 Å². The van der Waals surface area contributed by atoms with Crippen LogP contribution in [0.2, 0.25) is 0 Å². The van der Waals surface area contributed by atoms with Crippen LogP contribution in [-0.4, -0.2) is 18.1 Å². The molecular formula is C14H20N2O2. The number of nitrogens with one attached hydrogen (secondary N) is 1. The van der Waals surface area contributed by atoms with Gasteiger partial charge in [-0.15, -0.1) is 0 Å². The van der Waals surface area contributed by atoms with Crippen molar-refractivity contribution in [2.45, 2.75) is 38.3 Å². The van der Waals surface area contributed by atoms with Gasteiger partial charge < -0.3 is 15.8 Å². The first-order valence-corrected chi connectivity index (χ1v) is 6.36. The van der Waals surface area contributed by atoms with Gasteiger partial charge in [0.2, 0.25) is 5.91 Å². The number of carbonyl (C=O) groups is 1. The maximum atomic E-state index is 12.1. The van der Waals surface area contributed by atoms with Crippen molar-refractivity contribution in [3.63, 3.8) is 0 Å². The highest BCUT2D eigenvalue weighted by molar-refractivity contribution is 5.86. The second-order valence-corrected chi connectivity index (χ2v) is 4.97. The average molecular weight is 248 g/mol. The Hall–Kier alpha value is -1.55. The molecule has 4 heteroatoms. The molecule has 1 aliphatic heterocycles. The van der Waals surface area contributed by atoms with Gasteiger partial charge in [0.1, 0.15) is 5.75 Å². The average Bonchev–Trinajstić information content (AvgIpc) is 2.39. The van der Waals surface area contributed by atoms with Gasteiger partial charge in [-0.3, -0.25) is 4.79 Å². The monoisotopic (exact) mass is 248 g/mol. The number of rotatable bonds is 3. The number of fused-ring (bicyclic) bond motifs is 1. The second kappa shape index (κ2) is 4.98. The molecule has 0 spiro atoms. The number of carbonyl (C=O) groups excluding carboxylic acids is 1. The summed E-state index contributed by atoms with van der Waals surface area (Å²) >= 11 is 0. The predicted molar refractivity (Wildman–Crippen MR) is 70.3 cm³/mol. The van der Waals surface area contributed by atoms with Crippen molar-refractivity contribution in [2.75, 3.05) is 6.61 Å². The van der Waals surface area contributed by atoms with E-state index >= 15 is 0 Å². The standard InChI is InChI=1S/C14H20N2O2/c1-3-14(2,15)13(17)16-11-8-9-18-12-7-5-4-6-10(11)12/h4-7,11H,3,8-9,15H2,1-2H3,(H,16,17). The van der Waals surface area contributed by atoms with E-state index < -0.39 is 5.54 Å². The number of benzene rings is 1. The Morgan fingerprint density at radius 3 is 3.00 bits per heavy atom. The summed E-state index contributed by atoms with van der Waals surface area (Å²) in [5.41, 5.74) is 6.17. The Labute approximate surface area is 108 Å². The van der Waals surface area contributed by atoms with E-state index in [1.807, 2.05) is 31.2 Å². The van der Waals surface area contributed by atoms with Crippen molar-refractivity contribution >= 4 is 5.91 Å². The van der Waals surface area contributed by atoms with Crippen LogP contribution in [0.3, 0.4) is 0 Å². The summed E-state index contributed by atoms with van der Waals surface area (Å²) in [6, 6.07) is 7.79. The van der Waals surface area contributed by atoms with Gasteiger partial charge in [0, 0.05) is 12.0 Å². The number of nitrogens with two attached hydrogens (primary N) is 1. The van der Waals surface area contributed by atoms with Crippen LogP contribution in [-0.2, 0) is 4.79 Å². The number of ether oxygens (including phenoxy) is 1. The number of hydrogen-bond acceptors (Lipinski definition) is 3. The molecule has 2 rings (SSSR count). The lowest BCUT2D eigenvalue weighted by molar-refractivity contribution is -0.126. The van der Waals surface area contributed by atoms with E-state index in [0.717, 1.165) is 17.7 Å². The molecule has 0 fully saturated rings. The van der Waals surface area contributed by atoms with Gasteiger partial charge in [-0.2, -0.15) is 0 Å². The van der Waals surface area contributed by atoms with Gasteiger partial charge in [0.15, 0.2) is 0 Å². The second-order valence-electron chi connectivity index (χ2n) is 4.97. The van der Waals surface area contributed by atoms with Gasteiger partial charge in [-0.05, 0) is 19.4 Å². The summed E-state index contributed by atoms with van der Waals surface area (Å²) < 4.78 is 5.56. The molecule has 1 heterocycles. The molecule has 18 heavy (non-hydrogen) atoms. The molecule has 3 N–H and O–H groups in total. The molecule has 0 radical (unpaired) electrons. The van der Waals surface area contributed by atoms with Gasteiger partial charge in [0.25, 0.3) is 0 Å². The van der Waals surface area contributed by atoms with Gasteiger partial charge in [-0.1, -0.05) is 25.1 Å². The summed E-state index contributed by atoms with van der Waals surface area (Å²) in [4.78, 5) is 12.1. The van der Waals surface area contributed by atoms with Gasteiger partial charge >= 0.3 is 0 Å². The summed E-state index contributed by atoms with van der Waals surface area (Å²) in [6.07, 6.45) is 1.40. The highest BCUT2D eigenvalue weighted by atomic mass is 16.5. The lowest BCUT2D eigenvalue weighted by Crippen LogP contribution is -2.52. The molecule has 1 aromatic rings. The zero-order valence-electron chi connectivity index (χ0n) is 10.9. The maximum absolute atomic E-state index is 12.1. The molecule has 0 saturated heterocycles. The summed E-state index contributed by atoms with van der Waals surface area (Å²) in [7, 11) is 0. The fourth-order valence-corrected chi connectivity index (χ4v) is 1.98. The van der Waals surface area contributed by atoms with Crippen LogP contribution in [0, 0.1) is 0 Å². The molecule has 2 unspecified atom stereocenters. The number of hydrogen-bond donors (Lipinski definition) is 2. The number of amides is 1. The quantitative estimate of drug-likeness (QED) is 0.856. The molecule has 0 bridgehead atoms. The molecule has 1 aromatic carbocycles. The molecule has 1 aliphatic rings. The molecule has 98 valence electrons. The Balaban J connectivity index is 2.15. The van der Waals surface area contributed by atoms with E-state index in [0.29, 0.717) is 13.0 Å². The molecule has 4 nitrogen and oxygen atoms in total. The van der Waals surface area contributed by atoms with Crippen LogP contribution < -0.4 is 15.8 Å². The van der Waals surface area contributed by atoms with Crippen LogP contribution >= 0.6 is 0 Å². The third kappa shape index (κ3) is 2.48. The fraction of sp³-hybridized carbons (Fsp3) is 0.500. The van der Waals surface area contributed by atoms with Crippen molar-refractivity contribution in [1.82, 2.24) is 5.32 Å². The summed E-state index contributed by atoms with van der Waals surface area (Å²) in [5, 5.41) is 3.02. The van der Waals surface area contributed by atoms with Crippen LogP contribution in [0.25, 0.3) is 0 Å². The minimum Gasteiger partial charge on any atom is -0.493 e. The SMILES string of the molecule is CCC(C)(N)C(=O)NC1CCOc2ccccc21. The number of para-hydroxylation sites is 1. The molecule has 0 aliphatic carbocycles. The summed E-state index contributed by atoms with van der Waals surface area (Å²) in [6.45, 7) is 4.29. The first-order chi connectivity index (χ1) is 8.54. The van der Waals surface area contributed by atoms with Crippen molar-refractivity contribution in [3.8, 4) is 5.75 Å². The van der Waals surface area contributed by atoms with Crippen LogP contribution in [0.15, 0.2) is 24.3 Å². The molecule has 2 atom stereocenters. The Kier molecular flexibility index (Phi) is 3.57. The van der Waals surface area contributed by atoms with Crippen LogP contribution in [0.1, 0.15) is 38.3 Å². The van der Waals surface area contributed by atoms with E-state index in [2.05, 4.69) is 5.32 Å². The normalized spacial score (nSPS) is 21.4. The minimum absolute atomic E-state index is 0.00289. The Morgan fingerprint density at radius 1 is 1.56 bits per heavy atom. The first kappa shape index (κ1) is 12.9. The van der Waals surface area contributed by atoms with Gasteiger partial charge in [-0.25, -0.2) is 0 Å². The zero-order chi connectivity index (χ0) is 13.2. The lowest BCUT2D eigenvalue weighted by Gasteiger charge is -2.30. The molecular weight excluding hydrogens is 228 g/mol. The molecule has 1 amide bonds. The van der Waals surface area contributed by atoms with E-state index in [-0.39, 0.29) is 11.9 Å². The fourth-order valence-electron chi connectivity index (χ4n) is 1.98. The van der Waals surface area contributed by atoms with Gasteiger partial charge in [0.05, 0.1) is 18.2 Å². The third-order valence-corrected chi connectivity index (χ3v) is 3.52. The lowest BCUT2D eigenvalue weighted by atomic mass is 9.96. The van der Waals surface area contributed by atoms with Crippen molar-refractivity contribution < 1.29 is 9.53 Å². The van der Waals surface area contributed by atoms with Crippen LogP contribution in [0.4, 0.5) is 0 Å². The first-order valence-electron chi connectivity index (χ1n) is 6.36. The smallest absolute Gasteiger partial charge is 0.240 e. The highest BCUT2D eigenvalue weighted by Crippen LogP contribution is 2.31. The van der Waals surface area contributed by atoms with E-state index in [1.54, 1.807) is 6.92 Å². The van der Waals surface area contributed by atoms with Crippen molar-refractivity contribution in [2.24, 2.45) is 5.73 Å². The van der Waals surface area contributed by atoms with Crippen molar-refractivity contribution in [1.29, 1.82) is 0 Å². The minimum atomic E-state index is -0.812. The summed E-state index contributed by atoms with van der Waals surface area (Å²) in [5.74, 6) is 0.746. The third-order valence-electron chi connectivity index (χ3n) is 3.52. The topological polar surface area (TPSA) is 64.4 Å². The predicted octanol–water partition coefficient (Wildman–Crippen LogP) is 1.75. The Bertz CT molecular complexity index is 443. The highest BCUT2D eigenvalue weighted by Gasteiger charge is 2.30. The molecule has 0 saturated carbocycles. The van der Waals surface area contributed by atoms with E-state index in [1.165, 1.54) is 0 Å². The Morgan fingerprint density at radius 2 is 2.28 bits per heavy atom. The maximum Gasteiger partial charge on any atom is 0.240 e.